The molecule has 0 saturated carbocycles. The fraction of sp³-hybridized carbons (Fsp3) is 0. The zero-order valence-corrected chi connectivity index (χ0v) is 12.3. The highest BCUT2D eigenvalue weighted by molar-refractivity contribution is 6.38. The second-order valence-corrected chi connectivity index (χ2v) is 4.80. The van der Waals surface area contributed by atoms with Crippen molar-refractivity contribution in [1.82, 2.24) is 0 Å². The lowest BCUT2D eigenvalue weighted by atomic mass is 9.99. The smallest absolute Gasteiger partial charge is 0.376 e. The van der Waals surface area contributed by atoms with Gasteiger partial charge in [-0.1, -0.05) is 48.5 Å². The predicted molar refractivity (Wildman–Crippen MR) is 84.0 cm³/mol. The highest BCUT2D eigenvalue weighted by Crippen LogP contribution is 2.14. The van der Waals surface area contributed by atoms with Crippen molar-refractivity contribution in [2.24, 2.45) is 0 Å². The van der Waals surface area contributed by atoms with Crippen LogP contribution in [0.5, 0.6) is 0 Å². The number of Topliss-reactive ketones (excluding diaryl/α,β-unsaturated/α-hetero) is 1. The average Bonchev–Trinajstić information content (AvgIpc) is 2.61. The monoisotopic (exact) mass is 324 g/mol. The number of aliphatic hydroxyl groups is 1. The molecular weight excluding hydrogens is 312 g/mol. The van der Waals surface area contributed by atoms with Gasteiger partial charge in [0.1, 0.15) is 0 Å². The maximum Gasteiger partial charge on any atom is 0.376 e. The number of carboxylic acids is 1. The minimum absolute atomic E-state index is 0.0382. The van der Waals surface area contributed by atoms with Gasteiger partial charge in [0.2, 0.25) is 5.78 Å². The Morgan fingerprint density at radius 2 is 1.33 bits per heavy atom. The van der Waals surface area contributed by atoms with Gasteiger partial charge in [0.25, 0.3) is 5.78 Å². The number of aliphatic hydroxyl groups excluding tert-OH is 1. The SMILES string of the molecule is O=C(O)C(=O)C=C(O)C(=O)c1cccc(C(=O)c2ccccc2)c1. The molecule has 2 rings (SSSR count). The fourth-order valence-electron chi connectivity index (χ4n) is 1.96. The number of hydrogen-bond donors (Lipinski definition) is 2. The summed E-state index contributed by atoms with van der Waals surface area (Å²) in [6.45, 7) is 0. The normalized spacial score (nSPS) is 10.9. The van der Waals surface area contributed by atoms with E-state index < -0.39 is 23.3 Å². The van der Waals surface area contributed by atoms with E-state index in [0.29, 0.717) is 11.6 Å². The molecule has 0 heterocycles. The van der Waals surface area contributed by atoms with Gasteiger partial charge in [-0.15, -0.1) is 0 Å². The zero-order chi connectivity index (χ0) is 17.7. The Balaban J connectivity index is 2.30. The summed E-state index contributed by atoms with van der Waals surface area (Å²) >= 11 is 0. The third-order valence-electron chi connectivity index (χ3n) is 3.13. The van der Waals surface area contributed by atoms with Crippen molar-refractivity contribution in [2.75, 3.05) is 0 Å². The van der Waals surface area contributed by atoms with E-state index >= 15 is 0 Å². The van der Waals surface area contributed by atoms with Crippen LogP contribution in [0.3, 0.4) is 0 Å². The van der Waals surface area contributed by atoms with Crippen molar-refractivity contribution in [3.8, 4) is 0 Å². The summed E-state index contributed by atoms with van der Waals surface area (Å²) in [5.41, 5.74) is 0.621. The Bertz CT molecular complexity index is 849. The summed E-state index contributed by atoms with van der Waals surface area (Å²) < 4.78 is 0. The molecule has 0 saturated heterocycles. The maximum absolute atomic E-state index is 12.3. The standard InChI is InChI=1S/C18H12O6/c19-14(10-15(20)18(23)24)17(22)13-8-4-7-12(9-13)16(21)11-5-2-1-3-6-11/h1-10,19H,(H,23,24). The number of carbonyl (C=O) groups is 4. The molecule has 0 unspecified atom stereocenters. The van der Waals surface area contributed by atoms with Crippen LogP contribution in [0.15, 0.2) is 66.4 Å². The van der Waals surface area contributed by atoms with Crippen molar-refractivity contribution in [2.45, 2.75) is 0 Å². The second-order valence-electron chi connectivity index (χ2n) is 4.80. The number of aliphatic carboxylic acids is 1. The van der Waals surface area contributed by atoms with E-state index in [1.807, 2.05) is 0 Å². The van der Waals surface area contributed by atoms with Crippen molar-refractivity contribution in [3.63, 3.8) is 0 Å². The number of benzene rings is 2. The minimum Gasteiger partial charge on any atom is -0.504 e. The first-order valence-corrected chi connectivity index (χ1v) is 6.82. The van der Waals surface area contributed by atoms with Crippen molar-refractivity contribution < 1.29 is 29.4 Å². The first kappa shape index (κ1) is 16.8. The summed E-state index contributed by atoms with van der Waals surface area (Å²) in [6.07, 6.45) is 0.330. The number of carbonyl (C=O) groups excluding carboxylic acids is 3. The molecule has 0 aliphatic heterocycles. The number of hydrogen-bond acceptors (Lipinski definition) is 5. The van der Waals surface area contributed by atoms with Crippen molar-refractivity contribution in [3.05, 3.63) is 83.1 Å². The lowest BCUT2D eigenvalue weighted by molar-refractivity contribution is -0.146. The fourth-order valence-corrected chi connectivity index (χ4v) is 1.96. The Morgan fingerprint density at radius 1 is 0.750 bits per heavy atom. The molecule has 2 aromatic carbocycles. The van der Waals surface area contributed by atoms with E-state index in [-0.39, 0.29) is 16.9 Å². The number of carboxylic acid groups (broad SMARTS) is 1. The third-order valence-corrected chi connectivity index (χ3v) is 3.13. The molecule has 0 aromatic heterocycles. The van der Waals surface area contributed by atoms with E-state index in [1.165, 1.54) is 24.3 Å². The quantitative estimate of drug-likeness (QED) is 0.365. The van der Waals surface area contributed by atoms with Crippen LogP contribution in [-0.2, 0) is 9.59 Å². The van der Waals surface area contributed by atoms with E-state index in [1.54, 1.807) is 30.3 Å². The molecule has 0 aliphatic carbocycles. The van der Waals surface area contributed by atoms with Crippen molar-refractivity contribution in [1.29, 1.82) is 0 Å². The summed E-state index contributed by atoms with van der Waals surface area (Å²) in [4.78, 5) is 45.8. The van der Waals surface area contributed by atoms with Gasteiger partial charge in [-0.25, -0.2) is 4.79 Å². The Hall–Kier alpha value is -3.54. The van der Waals surface area contributed by atoms with E-state index in [0.717, 1.165) is 0 Å². The molecule has 0 amide bonds. The molecule has 0 radical (unpaired) electrons. The molecule has 6 nitrogen and oxygen atoms in total. The van der Waals surface area contributed by atoms with Crippen LogP contribution in [0.4, 0.5) is 0 Å². The zero-order valence-electron chi connectivity index (χ0n) is 12.3. The molecule has 24 heavy (non-hydrogen) atoms. The molecule has 6 heteroatoms. The summed E-state index contributed by atoms with van der Waals surface area (Å²) in [7, 11) is 0. The topological polar surface area (TPSA) is 109 Å². The highest BCUT2D eigenvalue weighted by Gasteiger charge is 2.17. The highest BCUT2D eigenvalue weighted by atomic mass is 16.4. The van der Waals surface area contributed by atoms with Crippen LogP contribution in [-0.4, -0.2) is 33.5 Å². The molecule has 0 fully saturated rings. The summed E-state index contributed by atoms with van der Waals surface area (Å²) in [6, 6.07) is 14.0. The number of rotatable bonds is 6. The van der Waals surface area contributed by atoms with Gasteiger partial charge in [-0.2, -0.15) is 0 Å². The van der Waals surface area contributed by atoms with Gasteiger partial charge in [-0.05, 0) is 6.07 Å². The van der Waals surface area contributed by atoms with Gasteiger partial charge in [-0.3, -0.25) is 14.4 Å². The average molecular weight is 324 g/mol. The van der Waals surface area contributed by atoms with Crippen LogP contribution in [0.2, 0.25) is 0 Å². The van der Waals surface area contributed by atoms with E-state index in [2.05, 4.69) is 0 Å². The number of ketones is 3. The van der Waals surface area contributed by atoms with Gasteiger partial charge >= 0.3 is 5.97 Å². The van der Waals surface area contributed by atoms with Crippen molar-refractivity contribution >= 4 is 23.3 Å². The molecule has 120 valence electrons. The summed E-state index contributed by atoms with van der Waals surface area (Å²) in [5, 5.41) is 18.0. The maximum atomic E-state index is 12.3. The van der Waals surface area contributed by atoms with Crippen LogP contribution in [0.1, 0.15) is 26.3 Å². The van der Waals surface area contributed by atoms with Gasteiger partial charge in [0, 0.05) is 22.8 Å². The Kier molecular flexibility index (Phi) is 5.01. The lowest BCUT2D eigenvalue weighted by Gasteiger charge is -2.04. The van der Waals surface area contributed by atoms with Gasteiger partial charge in [0.05, 0.1) is 0 Å². The molecule has 0 bridgehead atoms. The first-order chi connectivity index (χ1) is 11.4. The second kappa shape index (κ2) is 7.15. The Morgan fingerprint density at radius 3 is 1.96 bits per heavy atom. The van der Waals surface area contributed by atoms with Crippen LogP contribution < -0.4 is 0 Å². The van der Waals surface area contributed by atoms with Crippen LogP contribution in [0.25, 0.3) is 0 Å². The van der Waals surface area contributed by atoms with Crippen LogP contribution >= 0.6 is 0 Å². The van der Waals surface area contributed by atoms with E-state index in [9.17, 15) is 24.3 Å². The lowest BCUT2D eigenvalue weighted by Crippen LogP contribution is -2.13. The largest absolute Gasteiger partial charge is 0.504 e. The van der Waals surface area contributed by atoms with Crippen LogP contribution in [0, 0.1) is 0 Å². The predicted octanol–water partition coefficient (Wildman–Crippen LogP) is 2.20. The molecule has 0 atom stereocenters. The third kappa shape index (κ3) is 3.80. The minimum atomic E-state index is -1.79. The van der Waals surface area contributed by atoms with E-state index in [4.69, 9.17) is 5.11 Å². The molecule has 0 aliphatic rings. The molecule has 2 N–H and O–H groups in total. The first-order valence-electron chi connectivity index (χ1n) is 6.82. The molecule has 2 aromatic rings. The molecule has 0 spiro atoms. The number of allylic oxidation sites excluding steroid dienone is 1. The molecular formula is C18H12O6. The summed E-state index contributed by atoms with van der Waals surface area (Å²) in [5.74, 6) is -5.48. The van der Waals surface area contributed by atoms with Gasteiger partial charge < -0.3 is 10.2 Å². The Labute approximate surface area is 136 Å². The van der Waals surface area contributed by atoms with Gasteiger partial charge in [0.15, 0.2) is 11.5 Å².